The lowest BCUT2D eigenvalue weighted by Gasteiger charge is -2.16. The Morgan fingerprint density at radius 1 is 0.963 bits per heavy atom. The molecule has 0 aliphatic rings. The minimum Gasteiger partial charge on any atom is -0.487 e. The van der Waals surface area contributed by atoms with Gasteiger partial charge in [0.15, 0.2) is 0 Å². The minimum absolute atomic E-state index is 0.0930. The van der Waals surface area contributed by atoms with Crippen LogP contribution in [0.4, 0.5) is 0 Å². The van der Waals surface area contributed by atoms with Crippen molar-refractivity contribution in [2.75, 3.05) is 0 Å². The molecule has 0 amide bonds. The molecule has 2 aromatic carbocycles. The molecule has 0 radical (unpaired) electrons. The van der Waals surface area contributed by atoms with E-state index in [1.807, 2.05) is 19.1 Å². The Bertz CT molecular complexity index is 997. The van der Waals surface area contributed by atoms with Crippen LogP contribution in [0.5, 0.6) is 5.75 Å². The van der Waals surface area contributed by atoms with Gasteiger partial charge in [-0.2, -0.15) is 0 Å². The maximum atomic E-state index is 12.6. The highest BCUT2D eigenvalue weighted by Gasteiger charge is 2.14. The first kappa shape index (κ1) is 19.8. The van der Waals surface area contributed by atoms with Gasteiger partial charge in [0, 0.05) is 11.6 Å². The van der Waals surface area contributed by atoms with Gasteiger partial charge < -0.3 is 9.30 Å². The summed E-state index contributed by atoms with van der Waals surface area (Å²) >= 11 is 18.4. The van der Waals surface area contributed by atoms with Gasteiger partial charge in [-0.1, -0.05) is 70.7 Å². The van der Waals surface area contributed by atoms with Crippen LogP contribution in [0.25, 0.3) is 0 Å². The first-order chi connectivity index (χ1) is 12.9. The lowest BCUT2D eigenvalue weighted by molar-refractivity contribution is 0.292. The number of ether oxygens (including phenoxy) is 1. The number of aromatic nitrogens is 1. The summed E-state index contributed by atoms with van der Waals surface area (Å²) in [5.74, 6) is 0.603. The van der Waals surface area contributed by atoms with Crippen molar-refractivity contribution in [1.29, 1.82) is 0 Å². The fourth-order valence-electron chi connectivity index (χ4n) is 2.72. The maximum Gasteiger partial charge on any atom is 0.269 e. The molecule has 0 bridgehead atoms. The number of halogens is 3. The first-order valence-corrected chi connectivity index (χ1v) is 9.59. The molecule has 0 aliphatic heterocycles. The van der Waals surface area contributed by atoms with E-state index in [4.69, 9.17) is 39.5 Å². The second-order valence-electron chi connectivity index (χ2n) is 6.23. The van der Waals surface area contributed by atoms with E-state index < -0.39 is 0 Å². The van der Waals surface area contributed by atoms with E-state index in [9.17, 15) is 4.79 Å². The van der Waals surface area contributed by atoms with Gasteiger partial charge in [-0.15, -0.1) is 0 Å². The molecular weight excluding hydrogens is 405 g/mol. The van der Waals surface area contributed by atoms with Crippen LogP contribution in [-0.4, -0.2) is 4.57 Å². The molecule has 1 aromatic heterocycles. The van der Waals surface area contributed by atoms with Gasteiger partial charge in [0.05, 0.1) is 10.7 Å². The Morgan fingerprint density at radius 3 is 2.41 bits per heavy atom. The van der Waals surface area contributed by atoms with Crippen LogP contribution in [-0.2, 0) is 19.6 Å². The van der Waals surface area contributed by atoms with Crippen LogP contribution in [0.3, 0.4) is 0 Å². The van der Waals surface area contributed by atoms with Crippen molar-refractivity contribution < 1.29 is 4.74 Å². The largest absolute Gasteiger partial charge is 0.487 e. The average Bonchev–Trinajstić information content (AvgIpc) is 2.64. The normalized spacial score (nSPS) is 10.8. The molecule has 0 N–H and O–H groups in total. The van der Waals surface area contributed by atoms with E-state index in [2.05, 4.69) is 12.1 Å². The summed E-state index contributed by atoms with van der Waals surface area (Å²) < 4.78 is 7.36. The first-order valence-electron chi connectivity index (χ1n) is 8.45. The molecular formula is C21H18Cl3NO2. The van der Waals surface area contributed by atoms with E-state index in [1.165, 1.54) is 11.6 Å². The molecule has 0 unspecified atom stereocenters. The maximum absolute atomic E-state index is 12.6. The van der Waals surface area contributed by atoms with Crippen molar-refractivity contribution in [3.63, 3.8) is 0 Å². The second kappa shape index (κ2) is 8.83. The van der Waals surface area contributed by atoms with E-state index in [0.29, 0.717) is 34.5 Å². The molecule has 0 fully saturated rings. The monoisotopic (exact) mass is 421 g/mol. The van der Waals surface area contributed by atoms with Crippen molar-refractivity contribution in [3.8, 4) is 5.75 Å². The van der Waals surface area contributed by atoms with Crippen LogP contribution < -0.4 is 10.3 Å². The van der Waals surface area contributed by atoms with Crippen molar-refractivity contribution in [2.24, 2.45) is 0 Å². The SMILES string of the molecule is Cc1ccc(CCn2c(COc3cccc(Cl)c3)c(Cl)cc(Cl)c2=O)cc1. The zero-order valence-electron chi connectivity index (χ0n) is 14.7. The zero-order valence-corrected chi connectivity index (χ0v) is 17.0. The minimum atomic E-state index is -0.280. The molecule has 0 aliphatic carbocycles. The van der Waals surface area contributed by atoms with Gasteiger partial charge in [-0.05, 0) is 43.2 Å². The van der Waals surface area contributed by atoms with Crippen LogP contribution >= 0.6 is 34.8 Å². The number of nitrogens with zero attached hydrogens (tertiary/aromatic N) is 1. The Kier molecular flexibility index (Phi) is 6.48. The van der Waals surface area contributed by atoms with E-state index in [-0.39, 0.29) is 17.2 Å². The molecule has 140 valence electrons. The molecule has 3 rings (SSSR count). The number of rotatable bonds is 6. The molecule has 0 saturated carbocycles. The molecule has 27 heavy (non-hydrogen) atoms. The van der Waals surface area contributed by atoms with Gasteiger partial charge in [0.1, 0.15) is 17.4 Å². The van der Waals surface area contributed by atoms with Gasteiger partial charge in [0.2, 0.25) is 0 Å². The lowest BCUT2D eigenvalue weighted by atomic mass is 10.1. The third kappa shape index (κ3) is 5.07. The van der Waals surface area contributed by atoms with E-state index >= 15 is 0 Å². The van der Waals surface area contributed by atoms with E-state index in [1.54, 1.807) is 28.8 Å². The molecule has 3 nitrogen and oxygen atoms in total. The molecule has 1 heterocycles. The highest BCUT2D eigenvalue weighted by molar-refractivity contribution is 6.34. The summed E-state index contributed by atoms with van der Waals surface area (Å²) in [5.41, 5.74) is 2.62. The summed E-state index contributed by atoms with van der Waals surface area (Å²) in [6.45, 7) is 2.63. The third-order valence-corrected chi connectivity index (χ3v) is 5.05. The van der Waals surface area contributed by atoms with Crippen molar-refractivity contribution in [2.45, 2.75) is 26.5 Å². The predicted octanol–water partition coefficient (Wildman–Crippen LogP) is 5.94. The fourth-order valence-corrected chi connectivity index (χ4v) is 3.44. The Balaban J connectivity index is 1.85. The summed E-state index contributed by atoms with van der Waals surface area (Å²) in [7, 11) is 0. The predicted molar refractivity (Wildman–Crippen MR) is 111 cm³/mol. The van der Waals surface area contributed by atoms with Crippen LogP contribution in [0, 0.1) is 6.92 Å². The number of aryl methyl sites for hydroxylation is 2. The number of pyridine rings is 1. The quantitative estimate of drug-likeness (QED) is 0.492. The van der Waals surface area contributed by atoms with Crippen LogP contribution in [0.1, 0.15) is 16.8 Å². The topological polar surface area (TPSA) is 31.2 Å². The average molecular weight is 423 g/mol. The summed E-state index contributed by atoms with van der Waals surface area (Å²) in [5, 5.41) is 1.06. The van der Waals surface area contributed by atoms with Gasteiger partial charge >= 0.3 is 0 Å². The summed E-state index contributed by atoms with van der Waals surface area (Å²) in [4.78, 5) is 12.6. The summed E-state index contributed by atoms with van der Waals surface area (Å²) in [6, 6.07) is 16.7. The highest BCUT2D eigenvalue weighted by Crippen LogP contribution is 2.22. The lowest BCUT2D eigenvalue weighted by Crippen LogP contribution is -2.26. The molecule has 0 spiro atoms. The molecule has 0 saturated heterocycles. The van der Waals surface area contributed by atoms with Crippen molar-refractivity contribution >= 4 is 34.8 Å². The molecule has 3 aromatic rings. The standard InChI is InChI=1S/C21H18Cl3NO2/c1-14-5-7-15(8-6-14)9-10-25-20(18(23)12-19(24)21(25)26)13-27-17-4-2-3-16(22)11-17/h2-8,11-12H,9-10,13H2,1H3. The van der Waals surface area contributed by atoms with Gasteiger partial charge in [-0.3, -0.25) is 4.79 Å². The summed E-state index contributed by atoms with van der Waals surface area (Å²) in [6.07, 6.45) is 0.682. The smallest absolute Gasteiger partial charge is 0.269 e. The number of hydrogen-bond acceptors (Lipinski definition) is 2. The Hall–Kier alpha value is -1.94. The zero-order chi connectivity index (χ0) is 19.4. The number of benzene rings is 2. The van der Waals surface area contributed by atoms with Crippen molar-refractivity contribution in [3.05, 3.63) is 96.8 Å². The van der Waals surface area contributed by atoms with E-state index in [0.717, 1.165) is 5.56 Å². The Labute approximate surface area is 173 Å². The van der Waals surface area contributed by atoms with Crippen molar-refractivity contribution in [1.82, 2.24) is 4.57 Å². The van der Waals surface area contributed by atoms with Crippen LogP contribution in [0.2, 0.25) is 15.1 Å². The van der Waals surface area contributed by atoms with Gasteiger partial charge in [0.25, 0.3) is 5.56 Å². The van der Waals surface area contributed by atoms with Gasteiger partial charge in [-0.25, -0.2) is 0 Å². The highest BCUT2D eigenvalue weighted by atomic mass is 35.5. The molecule has 6 heteroatoms. The second-order valence-corrected chi connectivity index (χ2v) is 7.48. The van der Waals surface area contributed by atoms with Crippen LogP contribution in [0.15, 0.2) is 59.4 Å². The Morgan fingerprint density at radius 2 is 1.70 bits per heavy atom. The number of hydrogen-bond donors (Lipinski definition) is 0. The third-order valence-electron chi connectivity index (χ3n) is 4.22. The fraction of sp³-hybridized carbons (Fsp3) is 0.190. The molecule has 0 atom stereocenters.